The van der Waals surface area contributed by atoms with Crippen molar-refractivity contribution in [3.8, 4) is 0 Å². The van der Waals surface area contributed by atoms with Crippen LogP contribution in [0.15, 0.2) is 12.1 Å². The fraction of sp³-hybridized carbons (Fsp3) is 0.588. The lowest BCUT2D eigenvalue weighted by atomic mass is 10.1. The van der Waals surface area contributed by atoms with Crippen LogP contribution in [0.2, 0.25) is 0 Å². The lowest BCUT2D eigenvalue weighted by Gasteiger charge is -2.21. The SMILES string of the molecule is Cc1ccc([N+](=O)[O-])c(NC(=O)C[NH+]2CCCCCCC2)c1C. The van der Waals surface area contributed by atoms with Gasteiger partial charge in [0.25, 0.3) is 11.6 Å². The molecule has 2 rings (SSSR count). The summed E-state index contributed by atoms with van der Waals surface area (Å²) in [4.78, 5) is 24.4. The number of benzene rings is 1. The third-order valence-electron chi connectivity index (χ3n) is 4.65. The van der Waals surface area contributed by atoms with Crippen LogP contribution in [0, 0.1) is 24.0 Å². The largest absolute Gasteiger partial charge is 0.327 e. The number of nitrogens with zero attached hydrogens (tertiary/aromatic N) is 1. The summed E-state index contributed by atoms with van der Waals surface area (Å²) in [7, 11) is 0. The number of aryl methyl sites for hydroxylation is 1. The molecule has 1 aromatic carbocycles. The van der Waals surface area contributed by atoms with Crippen LogP contribution in [0.4, 0.5) is 11.4 Å². The van der Waals surface area contributed by atoms with Gasteiger partial charge in [-0.2, -0.15) is 0 Å². The zero-order valence-electron chi connectivity index (χ0n) is 14.0. The van der Waals surface area contributed by atoms with Crippen LogP contribution >= 0.6 is 0 Å². The second-order valence-electron chi connectivity index (χ2n) is 6.40. The zero-order valence-corrected chi connectivity index (χ0v) is 14.0. The van der Waals surface area contributed by atoms with E-state index < -0.39 is 4.92 Å². The number of hydrogen-bond donors (Lipinski definition) is 2. The Bertz CT molecular complexity index is 579. The molecule has 0 aromatic heterocycles. The summed E-state index contributed by atoms with van der Waals surface area (Å²) in [6.07, 6.45) is 6.04. The van der Waals surface area contributed by atoms with Gasteiger partial charge >= 0.3 is 0 Å². The molecular weight excluding hydrogens is 294 g/mol. The molecule has 0 bridgehead atoms. The first-order valence-electron chi connectivity index (χ1n) is 8.37. The van der Waals surface area contributed by atoms with Gasteiger partial charge in [-0.15, -0.1) is 0 Å². The smallest absolute Gasteiger partial charge is 0.293 e. The van der Waals surface area contributed by atoms with Crippen LogP contribution in [0.25, 0.3) is 0 Å². The van der Waals surface area contributed by atoms with E-state index in [9.17, 15) is 14.9 Å². The monoisotopic (exact) mass is 320 g/mol. The maximum Gasteiger partial charge on any atom is 0.293 e. The fourth-order valence-electron chi connectivity index (χ4n) is 3.10. The number of carbonyl (C=O) groups is 1. The highest BCUT2D eigenvalue weighted by molar-refractivity contribution is 5.95. The van der Waals surface area contributed by atoms with Crippen LogP contribution < -0.4 is 10.2 Å². The molecule has 2 N–H and O–H groups in total. The Labute approximate surface area is 137 Å². The van der Waals surface area contributed by atoms with Crippen molar-refractivity contribution in [1.29, 1.82) is 0 Å². The van der Waals surface area contributed by atoms with E-state index in [4.69, 9.17) is 0 Å². The molecule has 0 aliphatic carbocycles. The third-order valence-corrected chi connectivity index (χ3v) is 4.65. The summed E-state index contributed by atoms with van der Waals surface area (Å²) in [5, 5.41) is 14.0. The van der Waals surface area contributed by atoms with Gasteiger partial charge in [-0.05, 0) is 50.7 Å². The van der Waals surface area contributed by atoms with E-state index in [2.05, 4.69) is 5.32 Å². The molecule has 0 saturated carbocycles. The molecule has 0 spiro atoms. The number of amides is 1. The molecule has 6 nitrogen and oxygen atoms in total. The molecule has 1 aliphatic rings. The van der Waals surface area contributed by atoms with Crippen LogP contribution in [-0.2, 0) is 4.79 Å². The number of nitrogens with one attached hydrogen (secondary N) is 2. The van der Waals surface area contributed by atoms with Gasteiger partial charge in [0.1, 0.15) is 5.69 Å². The fourth-order valence-corrected chi connectivity index (χ4v) is 3.10. The number of anilines is 1. The van der Waals surface area contributed by atoms with Gasteiger partial charge in [-0.1, -0.05) is 12.5 Å². The lowest BCUT2D eigenvalue weighted by molar-refractivity contribution is -0.892. The molecular formula is C17H26N3O3+. The van der Waals surface area contributed by atoms with E-state index in [1.165, 1.54) is 30.2 Å². The molecule has 0 radical (unpaired) electrons. The summed E-state index contributed by atoms with van der Waals surface area (Å²) < 4.78 is 0. The maximum absolute atomic E-state index is 12.4. The molecule has 0 unspecified atom stereocenters. The quantitative estimate of drug-likeness (QED) is 0.658. The van der Waals surface area contributed by atoms with E-state index in [0.717, 1.165) is 37.1 Å². The Balaban J connectivity index is 2.07. The van der Waals surface area contributed by atoms with Gasteiger partial charge in [0.2, 0.25) is 0 Å². The van der Waals surface area contributed by atoms with Crippen molar-refractivity contribution in [2.24, 2.45) is 0 Å². The normalized spacial score (nSPS) is 16.4. The minimum absolute atomic E-state index is 0.0379. The number of likely N-dealkylation sites (tertiary alicyclic amines) is 1. The predicted octanol–water partition coefficient (Wildman–Crippen LogP) is 2.00. The van der Waals surface area contributed by atoms with Crippen molar-refractivity contribution in [1.82, 2.24) is 0 Å². The number of quaternary nitrogens is 1. The molecule has 1 fully saturated rings. The topological polar surface area (TPSA) is 76.7 Å². The van der Waals surface area contributed by atoms with E-state index in [0.29, 0.717) is 12.2 Å². The number of carbonyl (C=O) groups excluding carboxylic acids is 1. The van der Waals surface area contributed by atoms with Gasteiger partial charge < -0.3 is 10.2 Å². The Morgan fingerprint density at radius 3 is 2.39 bits per heavy atom. The average molecular weight is 320 g/mol. The lowest BCUT2D eigenvalue weighted by Crippen LogP contribution is -3.13. The third kappa shape index (κ3) is 4.76. The van der Waals surface area contributed by atoms with Crippen molar-refractivity contribution in [2.75, 3.05) is 25.0 Å². The minimum Gasteiger partial charge on any atom is -0.327 e. The van der Waals surface area contributed by atoms with E-state index in [1.54, 1.807) is 13.0 Å². The Kier molecular flexibility index (Phi) is 6.10. The van der Waals surface area contributed by atoms with Crippen molar-refractivity contribution < 1.29 is 14.6 Å². The molecule has 126 valence electrons. The Hall–Kier alpha value is -1.95. The van der Waals surface area contributed by atoms with E-state index >= 15 is 0 Å². The van der Waals surface area contributed by atoms with Gasteiger partial charge in [-0.25, -0.2) is 0 Å². The van der Waals surface area contributed by atoms with E-state index in [1.807, 2.05) is 6.92 Å². The maximum atomic E-state index is 12.4. The number of nitro benzene ring substituents is 1. The molecule has 1 saturated heterocycles. The highest BCUT2D eigenvalue weighted by Gasteiger charge is 2.22. The average Bonchev–Trinajstić information content (AvgIpc) is 2.46. The summed E-state index contributed by atoms with van der Waals surface area (Å²) in [5.74, 6) is -0.141. The first-order valence-corrected chi connectivity index (χ1v) is 8.37. The van der Waals surface area contributed by atoms with Crippen molar-refractivity contribution in [3.63, 3.8) is 0 Å². The second-order valence-corrected chi connectivity index (χ2v) is 6.40. The number of rotatable bonds is 4. The first-order chi connectivity index (χ1) is 11.0. The summed E-state index contributed by atoms with van der Waals surface area (Å²) in [6, 6.07) is 3.17. The molecule has 1 aliphatic heterocycles. The molecule has 0 atom stereocenters. The standard InChI is InChI=1S/C17H25N3O3/c1-13-8-9-15(20(22)23)17(14(13)2)18-16(21)12-19-10-6-4-3-5-7-11-19/h8-9H,3-7,10-12H2,1-2H3,(H,18,21)/p+1. The number of nitro groups is 1. The summed E-state index contributed by atoms with van der Waals surface area (Å²) in [6.45, 7) is 6.08. The Morgan fingerprint density at radius 2 is 1.78 bits per heavy atom. The van der Waals surface area contributed by atoms with Crippen LogP contribution in [0.5, 0.6) is 0 Å². The molecule has 1 aromatic rings. The van der Waals surface area contributed by atoms with Gasteiger partial charge in [0.05, 0.1) is 18.0 Å². The predicted molar refractivity (Wildman–Crippen MR) is 89.8 cm³/mol. The van der Waals surface area contributed by atoms with E-state index in [-0.39, 0.29) is 11.6 Å². The Morgan fingerprint density at radius 1 is 1.17 bits per heavy atom. The van der Waals surface area contributed by atoms with Gasteiger partial charge in [0, 0.05) is 6.07 Å². The second kappa shape index (κ2) is 8.06. The van der Waals surface area contributed by atoms with Crippen molar-refractivity contribution >= 4 is 17.3 Å². The van der Waals surface area contributed by atoms with Crippen molar-refractivity contribution in [2.45, 2.75) is 46.0 Å². The van der Waals surface area contributed by atoms with Gasteiger partial charge in [-0.3, -0.25) is 14.9 Å². The molecule has 1 heterocycles. The molecule has 23 heavy (non-hydrogen) atoms. The minimum atomic E-state index is -0.439. The number of hydrogen-bond acceptors (Lipinski definition) is 3. The highest BCUT2D eigenvalue weighted by Crippen LogP contribution is 2.29. The summed E-state index contributed by atoms with van der Waals surface area (Å²) in [5.41, 5.74) is 2.00. The zero-order chi connectivity index (χ0) is 16.8. The van der Waals surface area contributed by atoms with Crippen LogP contribution in [-0.4, -0.2) is 30.5 Å². The molecule has 6 heteroatoms. The van der Waals surface area contributed by atoms with Crippen LogP contribution in [0.1, 0.15) is 43.2 Å². The highest BCUT2D eigenvalue weighted by atomic mass is 16.6. The van der Waals surface area contributed by atoms with Crippen LogP contribution in [0.3, 0.4) is 0 Å². The van der Waals surface area contributed by atoms with Gasteiger partial charge in [0.15, 0.2) is 6.54 Å². The summed E-state index contributed by atoms with van der Waals surface area (Å²) >= 11 is 0. The van der Waals surface area contributed by atoms with Crippen molar-refractivity contribution in [3.05, 3.63) is 33.4 Å². The first kappa shape index (κ1) is 17.4. The molecule has 1 amide bonds.